The molecular weight excluding hydrogens is 204 g/mol. The number of hydrogen-bond donors (Lipinski definition) is 1. The van der Waals surface area contributed by atoms with Crippen molar-refractivity contribution in [1.29, 1.82) is 0 Å². The molecule has 0 unspecified atom stereocenters. The highest BCUT2D eigenvalue weighted by Gasteiger charge is 1.98. The molecule has 0 saturated heterocycles. The Morgan fingerprint density at radius 2 is 1.94 bits per heavy atom. The summed E-state index contributed by atoms with van der Waals surface area (Å²) in [6, 6.07) is 7.41. The van der Waals surface area contributed by atoms with Gasteiger partial charge in [0.05, 0.1) is 7.11 Å². The van der Waals surface area contributed by atoms with Crippen LogP contribution in [-0.2, 0) is 11.2 Å². The van der Waals surface area contributed by atoms with Gasteiger partial charge in [-0.1, -0.05) is 18.2 Å². The highest BCUT2D eigenvalue weighted by Crippen LogP contribution is 2.12. The summed E-state index contributed by atoms with van der Waals surface area (Å²) in [5.41, 5.74) is 1.02. The van der Waals surface area contributed by atoms with E-state index in [9.17, 15) is 4.79 Å². The van der Waals surface area contributed by atoms with Crippen molar-refractivity contribution in [1.82, 2.24) is 0 Å². The Morgan fingerprint density at radius 3 is 2.31 bits per heavy atom. The second-order valence-corrected chi connectivity index (χ2v) is 3.15. The zero-order valence-electron chi connectivity index (χ0n) is 9.77. The molecule has 0 atom stereocenters. The van der Waals surface area contributed by atoms with Crippen LogP contribution in [-0.4, -0.2) is 18.2 Å². The van der Waals surface area contributed by atoms with Crippen LogP contribution in [0.5, 0.6) is 5.75 Å². The number of aliphatic carboxylic acids is 1. The Kier molecular flexibility index (Phi) is 7.59. The molecule has 0 saturated carbocycles. The van der Waals surface area contributed by atoms with Crippen LogP contribution in [0.25, 0.3) is 0 Å². The average molecular weight is 222 g/mol. The second kappa shape index (κ2) is 8.53. The molecule has 0 aliphatic rings. The van der Waals surface area contributed by atoms with E-state index < -0.39 is 5.97 Å². The molecule has 1 aromatic rings. The minimum atomic E-state index is -0.768. The topological polar surface area (TPSA) is 46.5 Å². The van der Waals surface area contributed by atoms with Gasteiger partial charge in [0.25, 0.3) is 0 Å². The normalized spacial score (nSPS) is 8.62. The first-order valence-electron chi connectivity index (χ1n) is 5.05. The molecule has 0 fully saturated rings. The molecule has 0 bridgehead atoms. The van der Waals surface area contributed by atoms with E-state index in [4.69, 9.17) is 9.84 Å². The lowest BCUT2D eigenvalue weighted by Gasteiger charge is -2.01. The molecule has 3 heteroatoms. The Morgan fingerprint density at radius 1 is 1.44 bits per heavy atom. The molecule has 0 aromatic heterocycles. The van der Waals surface area contributed by atoms with Gasteiger partial charge >= 0.3 is 5.97 Å². The van der Waals surface area contributed by atoms with E-state index in [-0.39, 0.29) is 6.42 Å². The van der Waals surface area contributed by atoms with Crippen molar-refractivity contribution < 1.29 is 14.6 Å². The Bertz CT molecular complexity index is 314. The summed E-state index contributed by atoms with van der Waals surface area (Å²) >= 11 is 0. The van der Waals surface area contributed by atoms with Gasteiger partial charge in [-0.2, -0.15) is 0 Å². The molecule has 0 aliphatic heterocycles. The van der Waals surface area contributed by atoms with Crippen LogP contribution in [0, 0.1) is 0 Å². The summed E-state index contributed by atoms with van der Waals surface area (Å²) in [5, 5.41) is 8.45. The average Bonchev–Trinajstić information content (AvgIpc) is 2.28. The van der Waals surface area contributed by atoms with E-state index in [0.717, 1.165) is 11.3 Å². The van der Waals surface area contributed by atoms with E-state index in [1.165, 1.54) is 0 Å². The van der Waals surface area contributed by atoms with Crippen LogP contribution < -0.4 is 4.74 Å². The molecule has 1 aromatic carbocycles. The number of ether oxygens (including phenoxy) is 1. The molecule has 0 radical (unpaired) electrons. The molecule has 0 heterocycles. The van der Waals surface area contributed by atoms with Crippen LogP contribution in [0.4, 0.5) is 0 Å². The maximum atomic E-state index is 10.3. The summed E-state index contributed by atoms with van der Waals surface area (Å²) in [6.45, 7) is 5.25. The van der Waals surface area contributed by atoms with Gasteiger partial charge in [-0.05, 0) is 31.0 Å². The highest BCUT2D eigenvalue weighted by atomic mass is 16.5. The van der Waals surface area contributed by atoms with E-state index in [0.29, 0.717) is 6.42 Å². The van der Waals surface area contributed by atoms with Crippen molar-refractivity contribution in [3.8, 4) is 5.75 Å². The lowest BCUT2D eigenvalue weighted by molar-refractivity contribution is -0.136. The Hall–Kier alpha value is -1.77. The SMILES string of the molecule is C=CC.COc1ccc(CCC(=O)O)cc1. The van der Waals surface area contributed by atoms with Gasteiger partial charge < -0.3 is 9.84 Å². The minimum Gasteiger partial charge on any atom is -0.497 e. The van der Waals surface area contributed by atoms with Gasteiger partial charge in [0, 0.05) is 6.42 Å². The number of benzene rings is 1. The number of methoxy groups -OCH3 is 1. The summed E-state index contributed by atoms with van der Waals surface area (Å²) in [5.74, 6) is 0.0230. The fourth-order valence-electron chi connectivity index (χ4n) is 1.04. The molecule has 3 nitrogen and oxygen atoms in total. The molecule has 16 heavy (non-hydrogen) atoms. The molecular formula is C13H18O3. The summed E-state index contributed by atoms with van der Waals surface area (Å²) in [7, 11) is 1.60. The number of hydrogen-bond acceptors (Lipinski definition) is 2. The van der Waals surface area contributed by atoms with Crippen molar-refractivity contribution >= 4 is 5.97 Å². The lowest BCUT2D eigenvalue weighted by Crippen LogP contribution is -1.97. The zero-order chi connectivity index (χ0) is 12.4. The standard InChI is InChI=1S/C10H12O3.C3H6/c1-13-9-5-2-8(3-6-9)4-7-10(11)12;1-3-2/h2-3,5-6H,4,7H2,1H3,(H,11,12);3H,1H2,2H3. The third-order valence-corrected chi connectivity index (χ3v) is 1.79. The van der Waals surface area contributed by atoms with Crippen molar-refractivity contribution in [2.75, 3.05) is 7.11 Å². The highest BCUT2D eigenvalue weighted by molar-refractivity contribution is 5.67. The third kappa shape index (κ3) is 6.65. The predicted octanol–water partition coefficient (Wildman–Crippen LogP) is 2.90. The summed E-state index contributed by atoms with van der Waals surface area (Å²) in [6.07, 6.45) is 2.49. The maximum Gasteiger partial charge on any atom is 0.303 e. The fourth-order valence-corrected chi connectivity index (χ4v) is 1.04. The molecule has 0 amide bonds. The van der Waals surface area contributed by atoms with Crippen LogP contribution in [0.1, 0.15) is 18.9 Å². The van der Waals surface area contributed by atoms with Gasteiger partial charge in [0.15, 0.2) is 0 Å². The predicted molar refractivity (Wildman–Crippen MR) is 64.8 cm³/mol. The van der Waals surface area contributed by atoms with Crippen LogP contribution >= 0.6 is 0 Å². The van der Waals surface area contributed by atoms with Gasteiger partial charge in [-0.15, -0.1) is 6.58 Å². The Balaban J connectivity index is 0.000000673. The maximum absolute atomic E-state index is 10.3. The molecule has 1 rings (SSSR count). The zero-order valence-corrected chi connectivity index (χ0v) is 9.77. The second-order valence-electron chi connectivity index (χ2n) is 3.15. The van der Waals surface area contributed by atoms with Gasteiger partial charge in [0.2, 0.25) is 0 Å². The number of aryl methyl sites for hydroxylation is 1. The minimum absolute atomic E-state index is 0.173. The monoisotopic (exact) mass is 222 g/mol. The largest absolute Gasteiger partial charge is 0.497 e. The first kappa shape index (κ1) is 14.2. The van der Waals surface area contributed by atoms with Crippen LogP contribution in [0.15, 0.2) is 36.9 Å². The molecule has 1 N–H and O–H groups in total. The van der Waals surface area contributed by atoms with Gasteiger partial charge in [-0.25, -0.2) is 0 Å². The molecule has 88 valence electrons. The lowest BCUT2D eigenvalue weighted by atomic mass is 10.1. The van der Waals surface area contributed by atoms with Crippen LogP contribution in [0.3, 0.4) is 0 Å². The smallest absolute Gasteiger partial charge is 0.303 e. The molecule has 0 spiro atoms. The first-order valence-corrected chi connectivity index (χ1v) is 5.05. The number of allylic oxidation sites excluding steroid dienone is 1. The molecule has 0 aliphatic carbocycles. The summed E-state index contributed by atoms with van der Waals surface area (Å²) < 4.78 is 4.98. The summed E-state index contributed by atoms with van der Waals surface area (Å²) in [4.78, 5) is 10.3. The van der Waals surface area contributed by atoms with Crippen molar-refractivity contribution in [2.45, 2.75) is 19.8 Å². The Labute approximate surface area is 96.4 Å². The van der Waals surface area contributed by atoms with Crippen molar-refractivity contribution in [3.63, 3.8) is 0 Å². The van der Waals surface area contributed by atoms with Crippen molar-refractivity contribution in [2.24, 2.45) is 0 Å². The number of carbonyl (C=O) groups is 1. The first-order chi connectivity index (χ1) is 7.63. The van der Waals surface area contributed by atoms with Gasteiger partial charge in [-0.3, -0.25) is 4.79 Å². The third-order valence-electron chi connectivity index (χ3n) is 1.79. The van der Waals surface area contributed by atoms with E-state index in [1.54, 1.807) is 13.2 Å². The number of carboxylic acid groups (broad SMARTS) is 1. The quantitative estimate of drug-likeness (QED) is 0.797. The number of carboxylic acids is 1. The van der Waals surface area contributed by atoms with Gasteiger partial charge in [0.1, 0.15) is 5.75 Å². The van der Waals surface area contributed by atoms with E-state index in [2.05, 4.69) is 6.58 Å². The van der Waals surface area contributed by atoms with Crippen molar-refractivity contribution in [3.05, 3.63) is 42.5 Å². The van der Waals surface area contributed by atoms with E-state index >= 15 is 0 Å². The van der Waals surface area contributed by atoms with E-state index in [1.807, 2.05) is 31.2 Å². The fraction of sp³-hybridized carbons (Fsp3) is 0.308. The van der Waals surface area contributed by atoms with Crippen LogP contribution in [0.2, 0.25) is 0 Å². The number of rotatable bonds is 4.